The zero-order chi connectivity index (χ0) is 15.4. The van der Waals surface area contributed by atoms with E-state index in [2.05, 4.69) is 12.2 Å². The van der Waals surface area contributed by atoms with Crippen LogP contribution in [-0.2, 0) is 9.53 Å². The maximum absolute atomic E-state index is 12.3. The number of hydrogen-bond acceptors (Lipinski definition) is 3. The van der Waals surface area contributed by atoms with Crippen molar-refractivity contribution in [2.75, 3.05) is 13.2 Å². The van der Waals surface area contributed by atoms with E-state index in [-0.39, 0.29) is 12.5 Å². The minimum atomic E-state index is -0.420. The van der Waals surface area contributed by atoms with Crippen molar-refractivity contribution in [3.63, 3.8) is 0 Å². The lowest BCUT2D eigenvalue weighted by Gasteiger charge is -2.18. The predicted molar refractivity (Wildman–Crippen MR) is 79.1 cm³/mol. The van der Waals surface area contributed by atoms with Crippen molar-refractivity contribution in [3.8, 4) is 0 Å². The second-order valence-corrected chi connectivity index (χ2v) is 4.99. The van der Waals surface area contributed by atoms with Crippen molar-refractivity contribution in [1.82, 2.24) is 5.32 Å². The highest BCUT2D eigenvalue weighted by Gasteiger charge is 2.18. The number of nitrogens with one attached hydrogen (secondary N) is 1. The minimum absolute atomic E-state index is 0.0997. The molecule has 0 aliphatic heterocycles. The molecule has 0 aliphatic carbocycles. The first-order chi connectivity index (χ1) is 9.31. The molecule has 0 atom stereocenters. The van der Waals surface area contributed by atoms with Crippen molar-refractivity contribution >= 4 is 11.9 Å². The first-order valence-corrected chi connectivity index (χ1v) is 6.82. The van der Waals surface area contributed by atoms with Crippen LogP contribution in [0.5, 0.6) is 0 Å². The van der Waals surface area contributed by atoms with E-state index in [0.29, 0.717) is 12.2 Å². The minimum Gasteiger partial charge on any atom is -0.465 e. The van der Waals surface area contributed by atoms with Gasteiger partial charge in [0, 0.05) is 5.56 Å². The van der Waals surface area contributed by atoms with Crippen LogP contribution in [0.25, 0.3) is 0 Å². The van der Waals surface area contributed by atoms with E-state index in [4.69, 9.17) is 4.74 Å². The Labute approximate surface area is 120 Å². The lowest BCUT2D eigenvalue weighted by Crippen LogP contribution is -2.32. The fourth-order valence-electron chi connectivity index (χ4n) is 2.29. The highest BCUT2D eigenvalue weighted by molar-refractivity contribution is 5.99. The molecule has 1 rings (SSSR count). The molecule has 0 aromatic heterocycles. The van der Waals surface area contributed by atoms with E-state index >= 15 is 0 Å². The Morgan fingerprint density at radius 2 is 1.35 bits per heavy atom. The van der Waals surface area contributed by atoms with Crippen LogP contribution < -0.4 is 5.32 Å². The van der Waals surface area contributed by atoms with Gasteiger partial charge in [-0.05, 0) is 69.4 Å². The monoisotopic (exact) mass is 277 g/mol. The number of ether oxygens (including phenoxy) is 1. The molecule has 0 fully saturated rings. The molecule has 0 bridgehead atoms. The lowest BCUT2D eigenvalue weighted by atomic mass is 9.89. The third-order valence-corrected chi connectivity index (χ3v) is 3.93. The number of carbonyl (C=O) groups is 2. The van der Waals surface area contributed by atoms with Crippen LogP contribution in [0.2, 0.25) is 0 Å². The number of benzene rings is 1. The molecule has 1 aromatic carbocycles. The topological polar surface area (TPSA) is 55.4 Å². The second kappa shape index (κ2) is 6.55. The molecule has 0 unspecified atom stereocenters. The fourth-order valence-corrected chi connectivity index (χ4v) is 2.29. The Morgan fingerprint density at radius 3 is 1.80 bits per heavy atom. The van der Waals surface area contributed by atoms with Gasteiger partial charge in [-0.25, -0.2) is 0 Å². The first-order valence-electron chi connectivity index (χ1n) is 6.82. The summed E-state index contributed by atoms with van der Waals surface area (Å²) in [6, 6.07) is 0. The van der Waals surface area contributed by atoms with Crippen LogP contribution in [0.1, 0.15) is 45.1 Å². The Balaban J connectivity index is 3.02. The summed E-state index contributed by atoms with van der Waals surface area (Å²) < 4.78 is 4.80. The third-order valence-electron chi connectivity index (χ3n) is 3.93. The van der Waals surface area contributed by atoms with Crippen molar-refractivity contribution in [1.29, 1.82) is 0 Å². The van der Waals surface area contributed by atoms with Gasteiger partial charge in [0.1, 0.15) is 6.54 Å². The van der Waals surface area contributed by atoms with E-state index in [1.54, 1.807) is 6.92 Å². The summed E-state index contributed by atoms with van der Waals surface area (Å²) in [6.07, 6.45) is 0. The van der Waals surface area contributed by atoms with Gasteiger partial charge < -0.3 is 10.1 Å². The summed E-state index contributed by atoms with van der Waals surface area (Å²) >= 11 is 0. The zero-order valence-corrected chi connectivity index (χ0v) is 13.1. The molecule has 0 heterocycles. The Morgan fingerprint density at radius 1 is 0.900 bits per heavy atom. The van der Waals surface area contributed by atoms with Crippen molar-refractivity contribution in [2.24, 2.45) is 0 Å². The van der Waals surface area contributed by atoms with Crippen molar-refractivity contribution in [3.05, 3.63) is 33.4 Å². The Hall–Kier alpha value is -1.84. The standard InChI is InChI=1S/C16H23NO3/c1-7-20-14(18)8-17-16(19)15-12(5)10(3)9(2)11(4)13(15)6/h7-8H2,1-6H3,(H,17,19). The largest absolute Gasteiger partial charge is 0.465 e. The van der Waals surface area contributed by atoms with E-state index in [1.807, 2.05) is 27.7 Å². The van der Waals surface area contributed by atoms with Crippen LogP contribution >= 0.6 is 0 Å². The smallest absolute Gasteiger partial charge is 0.325 e. The average molecular weight is 277 g/mol. The van der Waals surface area contributed by atoms with E-state index in [1.165, 1.54) is 5.56 Å². The predicted octanol–water partition coefficient (Wildman–Crippen LogP) is 2.52. The molecule has 4 heteroatoms. The summed E-state index contributed by atoms with van der Waals surface area (Å²) in [5.41, 5.74) is 6.04. The molecule has 0 saturated carbocycles. The molecule has 1 N–H and O–H groups in total. The summed E-state index contributed by atoms with van der Waals surface area (Å²) in [5.74, 6) is -0.643. The molecule has 0 saturated heterocycles. The quantitative estimate of drug-likeness (QED) is 0.860. The van der Waals surface area contributed by atoms with Gasteiger partial charge in [-0.1, -0.05) is 0 Å². The summed E-state index contributed by atoms with van der Waals surface area (Å²) in [6.45, 7) is 11.9. The molecular weight excluding hydrogens is 254 g/mol. The van der Waals surface area contributed by atoms with Crippen LogP contribution in [0.15, 0.2) is 0 Å². The summed E-state index contributed by atoms with van der Waals surface area (Å²) in [5, 5.41) is 2.63. The SMILES string of the molecule is CCOC(=O)CNC(=O)c1c(C)c(C)c(C)c(C)c1C. The zero-order valence-electron chi connectivity index (χ0n) is 13.1. The number of rotatable bonds is 4. The maximum Gasteiger partial charge on any atom is 0.325 e. The van der Waals surface area contributed by atoms with Crippen molar-refractivity contribution < 1.29 is 14.3 Å². The van der Waals surface area contributed by atoms with Crippen LogP contribution in [0, 0.1) is 34.6 Å². The lowest BCUT2D eigenvalue weighted by molar-refractivity contribution is -0.141. The first kappa shape index (κ1) is 16.2. The Bertz CT molecular complexity index is 518. The molecular formula is C16H23NO3. The van der Waals surface area contributed by atoms with Gasteiger partial charge >= 0.3 is 5.97 Å². The van der Waals surface area contributed by atoms with E-state index in [9.17, 15) is 9.59 Å². The number of amides is 1. The van der Waals surface area contributed by atoms with Gasteiger partial charge in [0.15, 0.2) is 0 Å². The van der Waals surface area contributed by atoms with Crippen LogP contribution in [0.3, 0.4) is 0 Å². The molecule has 0 aliphatic rings. The average Bonchev–Trinajstić information content (AvgIpc) is 2.41. The van der Waals surface area contributed by atoms with Gasteiger partial charge in [-0.15, -0.1) is 0 Å². The van der Waals surface area contributed by atoms with E-state index < -0.39 is 5.97 Å². The third kappa shape index (κ3) is 3.18. The van der Waals surface area contributed by atoms with Gasteiger partial charge in [0.2, 0.25) is 0 Å². The highest BCUT2D eigenvalue weighted by atomic mass is 16.5. The van der Waals surface area contributed by atoms with Crippen LogP contribution in [-0.4, -0.2) is 25.0 Å². The molecule has 4 nitrogen and oxygen atoms in total. The van der Waals surface area contributed by atoms with E-state index in [0.717, 1.165) is 22.3 Å². The summed E-state index contributed by atoms with van der Waals surface area (Å²) in [4.78, 5) is 23.6. The van der Waals surface area contributed by atoms with Gasteiger partial charge in [0.05, 0.1) is 6.61 Å². The molecule has 0 radical (unpaired) electrons. The molecule has 20 heavy (non-hydrogen) atoms. The number of esters is 1. The van der Waals surface area contributed by atoms with Gasteiger partial charge in [-0.2, -0.15) is 0 Å². The molecule has 0 spiro atoms. The van der Waals surface area contributed by atoms with Crippen molar-refractivity contribution in [2.45, 2.75) is 41.5 Å². The van der Waals surface area contributed by atoms with Gasteiger partial charge in [0.25, 0.3) is 5.91 Å². The Kier molecular flexibility index (Phi) is 5.31. The highest BCUT2D eigenvalue weighted by Crippen LogP contribution is 2.25. The number of carbonyl (C=O) groups excluding carboxylic acids is 2. The summed E-state index contributed by atoms with van der Waals surface area (Å²) in [7, 11) is 0. The maximum atomic E-state index is 12.3. The van der Waals surface area contributed by atoms with Gasteiger partial charge in [-0.3, -0.25) is 9.59 Å². The normalized spacial score (nSPS) is 10.3. The van der Waals surface area contributed by atoms with Crippen LogP contribution in [0.4, 0.5) is 0 Å². The number of hydrogen-bond donors (Lipinski definition) is 1. The fraction of sp³-hybridized carbons (Fsp3) is 0.500. The second-order valence-electron chi connectivity index (χ2n) is 4.99. The molecule has 1 amide bonds. The molecule has 110 valence electrons. The molecule has 1 aromatic rings.